The van der Waals surface area contributed by atoms with Gasteiger partial charge in [0.25, 0.3) is 5.69 Å². The molecule has 1 unspecified atom stereocenters. The maximum atomic E-state index is 11.1. The van der Waals surface area contributed by atoms with Gasteiger partial charge in [0.15, 0.2) is 0 Å². The lowest BCUT2D eigenvalue weighted by Crippen LogP contribution is -2.11. The summed E-state index contributed by atoms with van der Waals surface area (Å²) in [6.07, 6.45) is 0. The summed E-state index contributed by atoms with van der Waals surface area (Å²) in [4.78, 5) is 11.8. The van der Waals surface area contributed by atoms with E-state index < -0.39 is 4.92 Å². The number of ether oxygens (including phenoxy) is 1. The molecule has 1 heterocycles. The minimum absolute atomic E-state index is 0.0136. The predicted octanol–water partition coefficient (Wildman–Crippen LogP) is 7.95. The van der Waals surface area contributed by atoms with E-state index in [0.717, 1.165) is 27.4 Å². The Labute approximate surface area is 206 Å². The van der Waals surface area contributed by atoms with Crippen molar-refractivity contribution >= 4 is 40.4 Å². The first-order valence-electron chi connectivity index (χ1n) is 10.6. The minimum atomic E-state index is -0.422. The van der Waals surface area contributed by atoms with E-state index in [0.29, 0.717) is 16.5 Å². The Bertz CT molecular complexity index is 1360. The first kappa shape index (κ1) is 22.1. The molecule has 0 fully saturated rings. The maximum Gasteiger partial charge on any atom is 0.269 e. The van der Waals surface area contributed by atoms with Crippen LogP contribution in [-0.4, -0.2) is 4.92 Å². The Morgan fingerprint density at radius 2 is 1.53 bits per heavy atom. The maximum absolute atomic E-state index is 11.1. The average molecular weight is 487 g/mol. The quantitative estimate of drug-likeness (QED) is 0.229. The van der Waals surface area contributed by atoms with Crippen LogP contribution >= 0.6 is 23.4 Å². The van der Waals surface area contributed by atoms with Crippen LogP contribution in [0.4, 0.5) is 11.4 Å². The van der Waals surface area contributed by atoms with Crippen LogP contribution < -0.4 is 10.1 Å². The van der Waals surface area contributed by atoms with Crippen LogP contribution in [0.2, 0.25) is 5.02 Å². The molecule has 0 spiro atoms. The fraction of sp³-hybridized carbons (Fsp3) is 0.0370. The van der Waals surface area contributed by atoms with Gasteiger partial charge in [0.2, 0.25) is 0 Å². The second-order valence-corrected chi connectivity index (χ2v) is 9.21. The van der Waals surface area contributed by atoms with E-state index in [9.17, 15) is 10.1 Å². The number of fused-ring (bicyclic) bond motifs is 1. The molecule has 5 rings (SSSR count). The number of anilines is 1. The van der Waals surface area contributed by atoms with Crippen molar-refractivity contribution in [3.8, 4) is 5.75 Å². The second kappa shape index (κ2) is 9.63. The number of halogens is 1. The van der Waals surface area contributed by atoms with Crippen LogP contribution in [0.3, 0.4) is 0 Å². The molecule has 7 heteroatoms. The number of para-hydroxylation sites is 1. The van der Waals surface area contributed by atoms with Crippen molar-refractivity contribution in [1.82, 2.24) is 0 Å². The third-order valence-electron chi connectivity index (χ3n) is 5.39. The van der Waals surface area contributed by atoms with Crippen molar-refractivity contribution in [3.63, 3.8) is 0 Å². The molecule has 1 aliphatic rings. The molecule has 0 bridgehead atoms. The zero-order chi connectivity index (χ0) is 23.5. The van der Waals surface area contributed by atoms with Gasteiger partial charge in [-0.05, 0) is 42.0 Å². The molecule has 1 N–H and O–H groups in total. The smallest absolute Gasteiger partial charge is 0.269 e. The van der Waals surface area contributed by atoms with Gasteiger partial charge >= 0.3 is 0 Å². The highest BCUT2D eigenvalue weighted by molar-refractivity contribution is 8.00. The average Bonchev–Trinajstić information content (AvgIpc) is 3.03. The van der Waals surface area contributed by atoms with Crippen molar-refractivity contribution in [3.05, 3.63) is 135 Å². The molecule has 168 valence electrons. The molecular weight excluding hydrogens is 468 g/mol. The van der Waals surface area contributed by atoms with Gasteiger partial charge in [-0.25, -0.2) is 0 Å². The second-order valence-electron chi connectivity index (χ2n) is 7.63. The summed E-state index contributed by atoms with van der Waals surface area (Å²) in [6.45, 7) is 0. The van der Waals surface area contributed by atoms with E-state index >= 15 is 0 Å². The Hall–Kier alpha value is -3.74. The minimum Gasteiger partial charge on any atom is -0.458 e. The lowest BCUT2D eigenvalue weighted by atomic mass is 10.0. The molecule has 0 radical (unpaired) electrons. The summed E-state index contributed by atoms with van der Waals surface area (Å²) in [7, 11) is 0. The molecule has 1 aliphatic heterocycles. The van der Waals surface area contributed by atoms with Crippen LogP contribution in [0.25, 0.3) is 5.70 Å². The van der Waals surface area contributed by atoms with Crippen molar-refractivity contribution in [2.75, 3.05) is 5.32 Å². The van der Waals surface area contributed by atoms with Crippen LogP contribution in [-0.2, 0) is 0 Å². The fourth-order valence-electron chi connectivity index (χ4n) is 3.73. The topological polar surface area (TPSA) is 64.4 Å². The molecule has 0 aromatic heterocycles. The van der Waals surface area contributed by atoms with Gasteiger partial charge in [-0.15, -0.1) is 11.8 Å². The largest absolute Gasteiger partial charge is 0.458 e. The van der Waals surface area contributed by atoms with Crippen molar-refractivity contribution in [2.24, 2.45) is 0 Å². The molecule has 0 saturated heterocycles. The van der Waals surface area contributed by atoms with Crippen LogP contribution in [0.1, 0.15) is 16.4 Å². The number of rotatable bonds is 5. The number of hydrogen-bond donors (Lipinski definition) is 1. The lowest BCUT2D eigenvalue weighted by molar-refractivity contribution is -0.384. The normalized spacial score (nSPS) is 15.1. The first-order valence-corrected chi connectivity index (χ1v) is 11.8. The fourth-order valence-corrected chi connectivity index (χ4v) is 5.08. The van der Waals surface area contributed by atoms with E-state index in [4.69, 9.17) is 16.3 Å². The summed E-state index contributed by atoms with van der Waals surface area (Å²) in [5.74, 6) is 1.21. The first-order chi connectivity index (χ1) is 16.6. The molecule has 0 aliphatic carbocycles. The number of nitro groups is 1. The van der Waals surface area contributed by atoms with E-state index in [2.05, 4.69) is 23.5 Å². The van der Waals surface area contributed by atoms with Crippen LogP contribution in [0.5, 0.6) is 5.75 Å². The van der Waals surface area contributed by atoms with Crippen molar-refractivity contribution < 1.29 is 9.66 Å². The Kier molecular flexibility index (Phi) is 6.25. The summed E-state index contributed by atoms with van der Waals surface area (Å²) >= 11 is 7.86. The van der Waals surface area contributed by atoms with Gasteiger partial charge in [-0.2, -0.15) is 0 Å². The summed E-state index contributed by atoms with van der Waals surface area (Å²) in [5.41, 5.74) is 3.79. The van der Waals surface area contributed by atoms with Crippen molar-refractivity contribution in [2.45, 2.75) is 10.1 Å². The number of benzene rings is 4. The zero-order valence-electron chi connectivity index (χ0n) is 17.9. The Morgan fingerprint density at radius 3 is 2.24 bits per heavy atom. The highest BCUT2D eigenvalue weighted by atomic mass is 35.5. The lowest BCUT2D eigenvalue weighted by Gasteiger charge is -2.22. The van der Waals surface area contributed by atoms with E-state index in [1.807, 2.05) is 60.7 Å². The highest BCUT2D eigenvalue weighted by Gasteiger charge is 2.29. The number of nitrogens with one attached hydrogen (secondary N) is 1. The number of nitrogens with zero attached hydrogens (tertiary/aromatic N) is 1. The Morgan fingerprint density at radius 1 is 0.853 bits per heavy atom. The van der Waals surface area contributed by atoms with Gasteiger partial charge in [0.05, 0.1) is 21.6 Å². The van der Waals surface area contributed by atoms with Gasteiger partial charge in [0.1, 0.15) is 11.5 Å². The summed E-state index contributed by atoms with van der Waals surface area (Å²) < 4.78 is 6.51. The summed E-state index contributed by atoms with van der Waals surface area (Å²) in [6, 6.07) is 32.0. The van der Waals surface area contributed by atoms with E-state index in [1.54, 1.807) is 23.9 Å². The standard InChI is InChI=1S/C27H19ClN2O3S/c28-20-12-10-18(11-13-20)25-26(33-22-16-14-21(15-17-22)30(31)32)27(19-6-2-1-3-7-19)34-24-9-5-4-8-23(24)29-25/h1-17,27,29H. The third kappa shape index (κ3) is 4.64. The van der Waals surface area contributed by atoms with Gasteiger partial charge in [-0.3, -0.25) is 10.1 Å². The molecule has 4 aromatic rings. The number of hydrogen-bond acceptors (Lipinski definition) is 5. The highest BCUT2D eigenvalue weighted by Crippen LogP contribution is 2.49. The van der Waals surface area contributed by atoms with Gasteiger partial charge in [0, 0.05) is 27.6 Å². The molecule has 5 nitrogen and oxygen atoms in total. The van der Waals surface area contributed by atoms with E-state index in [1.165, 1.54) is 12.1 Å². The molecule has 34 heavy (non-hydrogen) atoms. The molecule has 4 aromatic carbocycles. The molecule has 0 amide bonds. The summed E-state index contributed by atoms with van der Waals surface area (Å²) in [5, 5.41) is 15.2. The molecular formula is C27H19ClN2O3S. The zero-order valence-corrected chi connectivity index (χ0v) is 19.4. The van der Waals surface area contributed by atoms with Gasteiger partial charge < -0.3 is 10.1 Å². The molecule has 0 saturated carbocycles. The van der Waals surface area contributed by atoms with Crippen LogP contribution in [0.15, 0.2) is 114 Å². The van der Waals surface area contributed by atoms with Gasteiger partial charge in [-0.1, -0.05) is 66.2 Å². The predicted molar refractivity (Wildman–Crippen MR) is 137 cm³/mol. The SMILES string of the molecule is O=[N+]([O-])c1ccc(OC2=C(c3ccc(Cl)cc3)Nc3ccccc3SC2c2ccccc2)cc1. The van der Waals surface area contributed by atoms with Crippen molar-refractivity contribution in [1.29, 1.82) is 0 Å². The Balaban J connectivity index is 1.69. The number of non-ortho nitro benzene ring substituents is 1. The third-order valence-corrected chi connectivity index (χ3v) is 6.97. The number of nitro benzene ring substituents is 1. The monoisotopic (exact) mass is 486 g/mol. The van der Waals surface area contributed by atoms with E-state index in [-0.39, 0.29) is 10.9 Å². The van der Waals surface area contributed by atoms with Crippen LogP contribution in [0, 0.1) is 10.1 Å². The number of thioether (sulfide) groups is 1. The molecule has 1 atom stereocenters.